The summed E-state index contributed by atoms with van der Waals surface area (Å²) in [5.74, 6) is 1.05. The molecule has 0 amide bonds. The van der Waals surface area contributed by atoms with Crippen LogP contribution in [0.15, 0.2) is 0 Å². The van der Waals surface area contributed by atoms with Crippen molar-refractivity contribution in [2.45, 2.75) is 38.0 Å². The minimum absolute atomic E-state index is 0.170. The lowest BCUT2D eigenvalue weighted by atomic mass is 10.0. The molecule has 0 saturated carbocycles. The van der Waals surface area contributed by atoms with E-state index >= 15 is 0 Å². The van der Waals surface area contributed by atoms with Crippen molar-refractivity contribution in [1.29, 1.82) is 0 Å². The Hall–Kier alpha value is 0.240. The van der Waals surface area contributed by atoms with Gasteiger partial charge in [0.25, 0.3) is 0 Å². The van der Waals surface area contributed by atoms with Crippen molar-refractivity contribution >= 4 is 21.4 Å². The lowest BCUT2D eigenvalue weighted by Crippen LogP contribution is -2.10. The molecule has 13 heavy (non-hydrogen) atoms. The molecule has 1 rings (SSSR count). The highest BCUT2D eigenvalue weighted by atomic mass is 35.5. The molecule has 0 aliphatic carbocycles. The quantitative estimate of drug-likeness (QED) is 0.687. The van der Waals surface area contributed by atoms with Crippen LogP contribution in [0.5, 0.6) is 0 Å². The summed E-state index contributed by atoms with van der Waals surface area (Å²) in [5.41, 5.74) is 0. The average molecular weight is 225 g/mol. The van der Waals surface area contributed by atoms with Crippen molar-refractivity contribution < 1.29 is 8.42 Å². The highest BCUT2D eigenvalue weighted by Gasteiger charge is 2.28. The third-order valence-corrected chi connectivity index (χ3v) is 4.75. The van der Waals surface area contributed by atoms with E-state index in [2.05, 4.69) is 6.92 Å². The van der Waals surface area contributed by atoms with E-state index in [9.17, 15) is 8.42 Å². The van der Waals surface area contributed by atoms with Gasteiger partial charge in [-0.1, -0.05) is 13.3 Å². The first-order chi connectivity index (χ1) is 6.03. The van der Waals surface area contributed by atoms with Gasteiger partial charge in [0.2, 0.25) is 0 Å². The third kappa shape index (κ3) is 3.86. The number of hydrogen-bond acceptors (Lipinski definition) is 2. The molecule has 0 aromatic heterocycles. The number of halogens is 1. The van der Waals surface area contributed by atoms with Gasteiger partial charge in [-0.15, -0.1) is 11.6 Å². The van der Waals surface area contributed by atoms with E-state index in [-0.39, 0.29) is 5.38 Å². The van der Waals surface area contributed by atoms with Crippen LogP contribution in [-0.4, -0.2) is 25.3 Å². The van der Waals surface area contributed by atoms with Crippen molar-refractivity contribution in [3.05, 3.63) is 0 Å². The van der Waals surface area contributed by atoms with Gasteiger partial charge in [0.15, 0.2) is 9.84 Å². The Kier molecular flexibility index (Phi) is 4.05. The van der Waals surface area contributed by atoms with Gasteiger partial charge in [0, 0.05) is 5.38 Å². The Morgan fingerprint density at radius 3 is 2.69 bits per heavy atom. The second kappa shape index (κ2) is 4.65. The topological polar surface area (TPSA) is 34.1 Å². The largest absolute Gasteiger partial charge is 0.229 e. The van der Waals surface area contributed by atoms with Gasteiger partial charge in [0.1, 0.15) is 0 Å². The second-order valence-corrected chi connectivity index (χ2v) is 6.74. The number of rotatable bonds is 4. The molecule has 0 aromatic rings. The Morgan fingerprint density at radius 1 is 1.54 bits per heavy atom. The number of hydrogen-bond donors (Lipinski definition) is 0. The van der Waals surface area contributed by atoms with E-state index in [0.717, 1.165) is 25.7 Å². The summed E-state index contributed by atoms with van der Waals surface area (Å²) in [6.45, 7) is 2.10. The molecule has 78 valence electrons. The SMILES string of the molecule is CCCC(Cl)CC1CCS(=O)(=O)C1. The van der Waals surface area contributed by atoms with Crippen molar-refractivity contribution in [2.75, 3.05) is 11.5 Å². The molecule has 1 aliphatic heterocycles. The fourth-order valence-corrected chi connectivity index (χ4v) is 4.20. The molecule has 0 spiro atoms. The molecule has 2 nitrogen and oxygen atoms in total. The first-order valence-electron chi connectivity index (χ1n) is 4.88. The molecule has 4 heteroatoms. The Balaban J connectivity index is 2.32. The van der Waals surface area contributed by atoms with E-state index in [1.54, 1.807) is 0 Å². The summed E-state index contributed by atoms with van der Waals surface area (Å²) in [4.78, 5) is 0. The molecule has 2 atom stereocenters. The second-order valence-electron chi connectivity index (χ2n) is 3.89. The van der Waals surface area contributed by atoms with Crippen molar-refractivity contribution in [3.8, 4) is 0 Å². The van der Waals surface area contributed by atoms with Gasteiger partial charge in [-0.2, -0.15) is 0 Å². The van der Waals surface area contributed by atoms with E-state index in [1.165, 1.54) is 0 Å². The predicted octanol–water partition coefficient (Wildman–Crippen LogP) is 2.22. The smallest absolute Gasteiger partial charge is 0.150 e. The maximum absolute atomic E-state index is 11.1. The van der Waals surface area contributed by atoms with E-state index in [0.29, 0.717) is 17.4 Å². The zero-order valence-electron chi connectivity index (χ0n) is 8.00. The van der Waals surface area contributed by atoms with Crippen LogP contribution in [0.1, 0.15) is 32.6 Å². The normalized spacial score (nSPS) is 28.9. The predicted molar refractivity (Wildman–Crippen MR) is 55.9 cm³/mol. The fraction of sp³-hybridized carbons (Fsp3) is 1.00. The van der Waals surface area contributed by atoms with Gasteiger partial charge in [-0.25, -0.2) is 8.42 Å². The number of alkyl halides is 1. The lowest BCUT2D eigenvalue weighted by molar-refractivity contribution is 0.509. The van der Waals surface area contributed by atoms with E-state index < -0.39 is 9.84 Å². The highest BCUT2D eigenvalue weighted by molar-refractivity contribution is 7.91. The molecule has 1 fully saturated rings. The summed E-state index contributed by atoms with van der Waals surface area (Å²) in [6.07, 6.45) is 3.76. The molecule has 1 saturated heterocycles. The van der Waals surface area contributed by atoms with Gasteiger partial charge >= 0.3 is 0 Å². The van der Waals surface area contributed by atoms with Crippen LogP contribution in [0.25, 0.3) is 0 Å². The molecule has 0 aromatic carbocycles. The molecule has 1 aliphatic rings. The lowest BCUT2D eigenvalue weighted by Gasteiger charge is -2.11. The standard InChI is InChI=1S/C9H17ClO2S/c1-2-3-9(10)6-8-4-5-13(11,12)7-8/h8-9H,2-7H2,1H3. The molecule has 0 N–H and O–H groups in total. The van der Waals surface area contributed by atoms with Gasteiger partial charge in [-0.3, -0.25) is 0 Å². The van der Waals surface area contributed by atoms with Crippen LogP contribution in [0, 0.1) is 5.92 Å². The molecule has 1 heterocycles. The summed E-state index contributed by atoms with van der Waals surface area (Å²) in [5, 5.41) is 0.170. The van der Waals surface area contributed by atoms with Crippen LogP contribution in [-0.2, 0) is 9.84 Å². The summed E-state index contributed by atoms with van der Waals surface area (Å²) < 4.78 is 22.3. The average Bonchev–Trinajstić information content (AvgIpc) is 2.30. The van der Waals surface area contributed by atoms with Crippen LogP contribution in [0.2, 0.25) is 0 Å². The van der Waals surface area contributed by atoms with Crippen LogP contribution >= 0.6 is 11.6 Å². The summed E-state index contributed by atoms with van der Waals surface area (Å²) >= 11 is 6.06. The zero-order valence-corrected chi connectivity index (χ0v) is 9.57. The van der Waals surface area contributed by atoms with Crippen LogP contribution < -0.4 is 0 Å². The monoisotopic (exact) mass is 224 g/mol. The minimum Gasteiger partial charge on any atom is -0.229 e. The van der Waals surface area contributed by atoms with Crippen molar-refractivity contribution in [3.63, 3.8) is 0 Å². The molecule has 2 unspecified atom stereocenters. The first-order valence-corrected chi connectivity index (χ1v) is 7.14. The van der Waals surface area contributed by atoms with Gasteiger partial charge in [0.05, 0.1) is 11.5 Å². The van der Waals surface area contributed by atoms with Crippen molar-refractivity contribution in [2.24, 2.45) is 5.92 Å². The third-order valence-electron chi connectivity index (χ3n) is 2.52. The summed E-state index contributed by atoms with van der Waals surface area (Å²) in [6, 6.07) is 0. The minimum atomic E-state index is -2.71. The zero-order chi connectivity index (χ0) is 9.90. The molecular formula is C9H17ClO2S. The van der Waals surface area contributed by atoms with Crippen LogP contribution in [0.4, 0.5) is 0 Å². The van der Waals surface area contributed by atoms with E-state index in [4.69, 9.17) is 11.6 Å². The fourth-order valence-electron chi connectivity index (χ4n) is 1.85. The number of sulfone groups is 1. The molecular weight excluding hydrogens is 208 g/mol. The molecule has 0 bridgehead atoms. The van der Waals surface area contributed by atoms with Crippen molar-refractivity contribution in [1.82, 2.24) is 0 Å². The molecule has 0 radical (unpaired) electrons. The maximum atomic E-state index is 11.1. The van der Waals surface area contributed by atoms with Gasteiger partial charge < -0.3 is 0 Å². The van der Waals surface area contributed by atoms with E-state index in [1.807, 2.05) is 0 Å². The summed E-state index contributed by atoms with van der Waals surface area (Å²) in [7, 11) is -2.71. The van der Waals surface area contributed by atoms with Gasteiger partial charge in [-0.05, 0) is 25.2 Å². The first kappa shape index (κ1) is 11.3. The Bertz CT molecular complexity index is 248. The Morgan fingerprint density at radius 2 is 2.23 bits per heavy atom. The highest BCUT2D eigenvalue weighted by Crippen LogP contribution is 2.26. The maximum Gasteiger partial charge on any atom is 0.150 e. The Labute approximate surface area is 85.6 Å². The van der Waals surface area contributed by atoms with Crippen LogP contribution in [0.3, 0.4) is 0 Å².